The number of β-lactam (4-membered cyclic amide) rings is 1. The number of methoxy groups -OCH3 is 2. The highest BCUT2D eigenvalue weighted by Gasteiger charge is 2.50. The number of nitrogens with zero attached hydrogens (tertiary/aromatic N) is 1. The second-order valence-corrected chi connectivity index (χ2v) is 4.16. The molecule has 1 aliphatic rings. The van der Waals surface area contributed by atoms with Gasteiger partial charge in [0.15, 0.2) is 0 Å². The van der Waals surface area contributed by atoms with Crippen LogP contribution in [0.3, 0.4) is 0 Å². The summed E-state index contributed by atoms with van der Waals surface area (Å²) in [7, 11) is 2.90. The molecule has 0 saturated carbocycles. The third kappa shape index (κ3) is 1.81. The Morgan fingerprint density at radius 3 is 2.33 bits per heavy atom. The molecule has 0 N–H and O–H groups in total. The molecule has 1 fully saturated rings. The van der Waals surface area contributed by atoms with Crippen molar-refractivity contribution in [3.8, 4) is 5.75 Å². The number of anilines is 1. The normalized spacial score (nSPS) is 22.4. The second kappa shape index (κ2) is 4.68. The first kappa shape index (κ1) is 12.4. The summed E-state index contributed by atoms with van der Waals surface area (Å²) < 4.78 is 9.76. The predicted molar refractivity (Wildman–Crippen MR) is 65.4 cm³/mol. The minimum atomic E-state index is -0.532. The van der Waals surface area contributed by atoms with Crippen molar-refractivity contribution in [1.29, 1.82) is 0 Å². The molecule has 2 atom stereocenters. The van der Waals surface area contributed by atoms with Crippen LogP contribution in [0.25, 0.3) is 0 Å². The highest BCUT2D eigenvalue weighted by Crippen LogP contribution is 2.33. The zero-order chi connectivity index (χ0) is 13.3. The molecule has 0 unspecified atom stereocenters. The van der Waals surface area contributed by atoms with Gasteiger partial charge < -0.3 is 9.47 Å². The molecule has 5 nitrogen and oxygen atoms in total. The average molecular weight is 249 g/mol. The van der Waals surface area contributed by atoms with Gasteiger partial charge in [0, 0.05) is 5.69 Å². The number of hydrogen-bond donors (Lipinski definition) is 0. The molecule has 1 heterocycles. The highest BCUT2D eigenvalue weighted by molar-refractivity contribution is 6.10. The van der Waals surface area contributed by atoms with E-state index in [1.807, 2.05) is 0 Å². The maximum Gasteiger partial charge on any atom is 0.329 e. The van der Waals surface area contributed by atoms with E-state index in [4.69, 9.17) is 9.47 Å². The van der Waals surface area contributed by atoms with E-state index in [2.05, 4.69) is 0 Å². The molecule has 1 amide bonds. The van der Waals surface area contributed by atoms with Gasteiger partial charge >= 0.3 is 5.97 Å². The van der Waals surface area contributed by atoms with Gasteiger partial charge in [0.2, 0.25) is 5.91 Å². The van der Waals surface area contributed by atoms with E-state index in [9.17, 15) is 9.59 Å². The lowest BCUT2D eigenvalue weighted by Crippen LogP contribution is -2.64. The second-order valence-electron chi connectivity index (χ2n) is 4.16. The summed E-state index contributed by atoms with van der Waals surface area (Å²) >= 11 is 0. The predicted octanol–water partition coefficient (Wildman–Crippen LogP) is 1.22. The standard InChI is InChI=1S/C13H15NO4/c1-8-11(13(16)18-3)14(12(8)15)9-4-6-10(17-2)7-5-9/h4-8,11H,1-3H3/t8-,11-/m0/s1. The Hall–Kier alpha value is -2.04. The van der Waals surface area contributed by atoms with Crippen molar-refractivity contribution in [3.05, 3.63) is 24.3 Å². The van der Waals surface area contributed by atoms with Crippen LogP contribution in [0.2, 0.25) is 0 Å². The first-order valence-corrected chi connectivity index (χ1v) is 5.65. The first-order valence-electron chi connectivity index (χ1n) is 5.65. The molecular formula is C13H15NO4. The summed E-state index contributed by atoms with van der Waals surface area (Å²) in [6.45, 7) is 1.73. The summed E-state index contributed by atoms with van der Waals surface area (Å²) in [6.07, 6.45) is 0. The van der Waals surface area contributed by atoms with Crippen LogP contribution in [0.5, 0.6) is 5.75 Å². The van der Waals surface area contributed by atoms with E-state index in [0.29, 0.717) is 11.4 Å². The molecule has 96 valence electrons. The van der Waals surface area contributed by atoms with Crippen LogP contribution < -0.4 is 9.64 Å². The van der Waals surface area contributed by atoms with Crippen molar-refractivity contribution in [3.63, 3.8) is 0 Å². The van der Waals surface area contributed by atoms with Gasteiger partial charge in [0.05, 0.1) is 20.1 Å². The van der Waals surface area contributed by atoms with Gasteiger partial charge in [-0.15, -0.1) is 0 Å². The van der Waals surface area contributed by atoms with Crippen molar-refractivity contribution in [2.45, 2.75) is 13.0 Å². The number of esters is 1. The van der Waals surface area contributed by atoms with Crippen molar-refractivity contribution >= 4 is 17.6 Å². The van der Waals surface area contributed by atoms with Crippen molar-refractivity contribution < 1.29 is 19.1 Å². The summed E-state index contributed by atoms with van der Waals surface area (Å²) in [6, 6.07) is 6.47. The van der Waals surface area contributed by atoms with Crippen LogP contribution in [0, 0.1) is 5.92 Å². The van der Waals surface area contributed by atoms with Gasteiger partial charge in [-0.1, -0.05) is 6.92 Å². The van der Waals surface area contributed by atoms with Crippen LogP contribution >= 0.6 is 0 Å². The molecule has 0 radical (unpaired) electrons. The van der Waals surface area contributed by atoms with E-state index in [0.717, 1.165) is 0 Å². The Bertz CT molecular complexity index is 468. The Labute approximate surface area is 105 Å². The Morgan fingerprint density at radius 2 is 1.83 bits per heavy atom. The Balaban J connectivity index is 2.25. The lowest BCUT2D eigenvalue weighted by molar-refractivity contribution is -0.151. The van der Waals surface area contributed by atoms with Gasteiger partial charge in [0.1, 0.15) is 11.8 Å². The maximum absolute atomic E-state index is 11.8. The highest BCUT2D eigenvalue weighted by atomic mass is 16.5. The number of ether oxygens (including phenoxy) is 2. The van der Waals surface area contributed by atoms with E-state index >= 15 is 0 Å². The van der Waals surface area contributed by atoms with Crippen LogP contribution in [-0.4, -0.2) is 32.1 Å². The van der Waals surface area contributed by atoms with Crippen molar-refractivity contribution in [2.24, 2.45) is 5.92 Å². The third-order valence-corrected chi connectivity index (χ3v) is 3.17. The molecule has 2 rings (SSSR count). The molecule has 0 spiro atoms. The molecule has 5 heteroatoms. The quantitative estimate of drug-likeness (QED) is 0.597. The molecular weight excluding hydrogens is 234 g/mol. The van der Waals surface area contributed by atoms with E-state index < -0.39 is 12.0 Å². The summed E-state index contributed by atoms with van der Waals surface area (Å²) in [5.41, 5.74) is 0.675. The zero-order valence-electron chi connectivity index (χ0n) is 10.5. The van der Waals surface area contributed by atoms with Crippen LogP contribution in [0.1, 0.15) is 6.92 Å². The number of carbonyl (C=O) groups excluding carboxylic acids is 2. The minimum Gasteiger partial charge on any atom is -0.497 e. The number of amides is 1. The smallest absolute Gasteiger partial charge is 0.329 e. The first-order chi connectivity index (χ1) is 8.60. The fraction of sp³-hybridized carbons (Fsp3) is 0.385. The van der Waals surface area contributed by atoms with Crippen LogP contribution in [-0.2, 0) is 14.3 Å². The molecule has 1 aliphatic heterocycles. The monoisotopic (exact) mass is 249 g/mol. The summed E-state index contributed by atoms with van der Waals surface area (Å²) in [5, 5.41) is 0. The molecule has 1 aromatic rings. The maximum atomic E-state index is 11.8. The topological polar surface area (TPSA) is 55.8 Å². The van der Waals surface area contributed by atoms with Gasteiger partial charge in [0.25, 0.3) is 0 Å². The number of benzene rings is 1. The molecule has 1 saturated heterocycles. The van der Waals surface area contributed by atoms with E-state index in [1.54, 1.807) is 38.3 Å². The SMILES string of the molecule is COC(=O)[C@@H]1[C@H](C)C(=O)N1c1ccc(OC)cc1. The minimum absolute atomic E-state index is 0.0735. The number of carbonyl (C=O) groups is 2. The molecule has 18 heavy (non-hydrogen) atoms. The molecule has 1 aromatic carbocycles. The largest absolute Gasteiger partial charge is 0.497 e. The lowest BCUT2D eigenvalue weighted by atomic mass is 9.88. The van der Waals surface area contributed by atoms with Crippen molar-refractivity contribution in [2.75, 3.05) is 19.1 Å². The van der Waals surface area contributed by atoms with Crippen molar-refractivity contribution in [1.82, 2.24) is 0 Å². The third-order valence-electron chi connectivity index (χ3n) is 3.17. The summed E-state index contributed by atoms with van der Waals surface area (Å²) in [5.74, 6) is -0.0950. The number of hydrogen-bond acceptors (Lipinski definition) is 4. The van der Waals surface area contributed by atoms with Gasteiger partial charge in [-0.2, -0.15) is 0 Å². The number of rotatable bonds is 3. The van der Waals surface area contributed by atoms with Crippen LogP contribution in [0.4, 0.5) is 5.69 Å². The average Bonchev–Trinajstić information content (AvgIpc) is 2.43. The fourth-order valence-electron chi connectivity index (χ4n) is 2.09. The van der Waals surface area contributed by atoms with Crippen LogP contribution in [0.15, 0.2) is 24.3 Å². The lowest BCUT2D eigenvalue weighted by Gasteiger charge is -2.43. The fourth-order valence-corrected chi connectivity index (χ4v) is 2.09. The van der Waals surface area contributed by atoms with Gasteiger partial charge in [-0.25, -0.2) is 4.79 Å². The van der Waals surface area contributed by atoms with Gasteiger partial charge in [-0.05, 0) is 24.3 Å². The zero-order valence-corrected chi connectivity index (χ0v) is 10.5. The van der Waals surface area contributed by atoms with Gasteiger partial charge in [-0.3, -0.25) is 9.69 Å². The summed E-state index contributed by atoms with van der Waals surface area (Å²) in [4.78, 5) is 24.9. The Morgan fingerprint density at radius 1 is 1.22 bits per heavy atom. The molecule has 0 bridgehead atoms. The molecule has 0 aliphatic carbocycles. The molecule has 0 aromatic heterocycles. The van der Waals surface area contributed by atoms with E-state index in [1.165, 1.54) is 12.0 Å². The Kier molecular flexibility index (Phi) is 3.23. The van der Waals surface area contributed by atoms with E-state index in [-0.39, 0.29) is 11.8 Å².